The van der Waals surface area contributed by atoms with Crippen molar-refractivity contribution in [2.45, 2.75) is 29.0 Å². The van der Waals surface area contributed by atoms with E-state index in [1.54, 1.807) is 12.1 Å². The summed E-state index contributed by atoms with van der Waals surface area (Å²) in [5.74, 6) is 0.154. The minimum absolute atomic E-state index is 0.0162. The summed E-state index contributed by atoms with van der Waals surface area (Å²) in [4.78, 5) is -0.0162. The van der Waals surface area contributed by atoms with Gasteiger partial charge in [0.2, 0.25) is 20.9 Å². The van der Waals surface area contributed by atoms with Crippen LogP contribution in [0.3, 0.4) is 0 Å². The SMILES string of the molecule is CC(C)c1cc(-c2ccccc2)cc(-c2ccccc2)[n+]1-c1ccc(S(=O)(=O)Nc2nnc(S(N)(=O)=O)s2)cc1.[O-][Cl+3]([O-])([O-])[O-]. The van der Waals surface area contributed by atoms with Gasteiger partial charge in [0.05, 0.1) is 4.90 Å². The summed E-state index contributed by atoms with van der Waals surface area (Å²) in [5.41, 5.74) is 6.00. The molecule has 236 valence electrons. The Balaban J connectivity index is 0.000000854. The van der Waals surface area contributed by atoms with Crippen molar-refractivity contribution in [3.05, 3.63) is 103 Å². The fourth-order valence-corrected chi connectivity index (χ4v) is 6.83. The molecule has 2 heterocycles. The molecule has 0 saturated carbocycles. The van der Waals surface area contributed by atoms with Crippen molar-refractivity contribution in [3.8, 4) is 28.1 Å². The minimum Gasteiger partial charge on any atom is -0.253 e. The molecule has 0 unspecified atom stereocenters. The Morgan fingerprint density at radius 2 is 1.31 bits per heavy atom. The van der Waals surface area contributed by atoms with Crippen LogP contribution in [0.15, 0.2) is 106 Å². The molecule has 17 heteroatoms. The maximum absolute atomic E-state index is 13.0. The molecule has 3 aromatic carbocycles. The van der Waals surface area contributed by atoms with Gasteiger partial charge in [-0.05, 0) is 35.4 Å². The number of benzene rings is 3. The Bertz CT molecular complexity index is 1980. The Morgan fingerprint density at radius 1 is 0.778 bits per heavy atom. The largest absolute Gasteiger partial charge is 0.267 e. The van der Waals surface area contributed by atoms with Crippen molar-refractivity contribution in [2.24, 2.45) is 5.14 Å². The number of aromatic nitrogens is 3. The van der Waals surface area contributed by atoms with Gasteiger partial charge >= 0.3 is 0 Å². The van der Waals surface area contributed by atoms with Crippen LogP contribution in [0.2, 0.25) is 0 Å². The van der Waals surface area contributed by atoms with Crippen molar-refractivity contribution in [2.75, 3.05) is 4.72 Å². The normalized spacial score (nSPS) is 12.0. The van der Waals surface area contributed by atoms with Crippen LogP contribution >= 0.6 is 11.3 Å². The van der Waals surface area contributed by atoms with Crippen molar-refractivity contribution in [1.82, 2.24) is 10.2 Å². The lowest BCUT2D eigenvalue weighted by atomic mass is 9.97. The van der Waals surface area contributed by atoms with Crippen LogP contribution in [0.4, 0.5) is 5.13 Å². The van der Waals surface area contributed by atoms with Crippen molar-refractivity contribution >= 4 is 36.5 Å². The van der Waals surface area contributed by atoms with E-state index >= 15 is 0 Å². The molecule has 5 rings (SSSR count). The van der Waals surface area contributed by atoms with E-state index in [1.165, 1.54) is 12.1 Å². The van der Waals surface area contributed by atoms with Gasteiger partial charge < -0.3 is 0 Å². The zero-order valence-electron chi connectivity index (χ0n) is 23.6. The van der Waals surface area contributed by atoms with E-state index in [2.05, 4.69) is 57.6 Å². The maximum atomic E-state index is 13.0. The van der Waals surface area contributed by atoms with E-state index in [-0.39, 0.29) is 15.9 Å². The molecule has 0 radical (unpaired) electrons. The van der Waals surface area contributed by atoms with Gasteiger partial charge in [0.25, 0.3) is 20.0 Å². The van der Waals surface area contributed by atoms with Crippen LogP contribution in [-0.4, -0.2) is 27.0 Å². The topological polar surface area (TPSA) is 228 Å². The van der Waals surface area contributed by atoms with E-state index < -0.39 is 34.6 Å². The van der Waals surface area contributed by atoms with Crippen LogP contribution in [0, 0.1) is 10.2 Å². The molecule has 13 nitrogen and oxygen atoms in total. The fraction of sp³-hybridized carbons (Fsp3) is 0.107. The average Bonchev–Trinajstić information content (AvgIpc) is 3.45. The van der Waals surface area contributed by atoms with Gasteiger partial charge in [-0.25, -0.2) is 40.6 Å². The number of anilines is 1. The highest BCUT2D eigenvalue weighted by atomic mass is 35.7. The molecule has 0 bridgehead atoms. The fourth-order valence-electron chi connectivity index (χ4n) is 4.26. The molecule has 0 aliphatic carbocycles. The quantitative estimate of drug-likeness (QED) is 0.206. The van der Waals surface area contributed by atoms with Crippen LogP contribution in [0.25, 0.3) is 28.1 Å². The lowest BCUT2D eigenvalue weighted by Crippen LogP contribution is -2.68. The molecule has 0 saturated heterocycles. The first-order chi connectivity index (χ1) is 21.0. The van der Waals surface area contributed by atoms with Crippen LogP contribution in [0.1, 0.15) is 25.5 Å². The molecule has 2 aromatic heterocycles. The summed E-state index contributed by atoms with van der Waals surface area (Å²) >= 11 is 0.536. The number of nitrogens with one attached hydrogen (secondary N) is 1. The molecular weight excluding hydrogens is 666 g/mol. The zero-order valence-corrected chi connectivity index (χ0v) is 26.8. The van der Waals surface area contributed by atoms with Gasteiger partial charge in [0.15, 0.2) is 5.69 Å². The number of primary sulfonamides is 1. The molecule has 45 heavy (non-hydrogen) atoms. The standard InChI is InChI=1S/C28H26N5O4S3.ClHO4/c1-19(2)25-17-22(20-9-5-3-6-10-20)18-26(21-11-7-4-8-12-21)33(25)23-13-15-24(16-14-23)40(36,37)32-27-30-31-28(38-27)39(29,34)35;2-1(3,4)5/h3-19H,1-2H3,(H,30,32)(H2,29,34,35);(H,2,3,4,5)/q+1;/p-1. The van der Waals surface area contributed by atoms with E-state index in [4.69, 9.17) is 23.8 Å². The van der Waals surface area contributed by atoms with Crippen molar-refractivity contribution < 1.29 is 50.3 Å². The second kappa shape index (κ2) is 13.7. The average molecular weight is 692 g/mol. The summed E-state index contributed by atoms with van der Waals surface area (Å²) in [6.07, 6.45) is 0. The maximum Gasteiger partial charge on any atom is 0.267 e. The molecular formula is C28H26ClN5O8S3. The van der Waals surface area contributed by atoms with Crippen LogP contribution in [-0.2, 0) is 20.0 Å². The first-order valence-electron chi connectivity index (χ1n) is 12.8. The number of nitrogens with two attached hydrogens (primary N) is 1. The third kappa shape index (κ3) is 9.10. The molecule has 0 aliphatic heterocycles. The second-order valence-corrected chi connectivity index (χ2v) is 14.8. The summed E-state index contributed by atoms with van der Waals surface area (Å²) in [6.45, 7) is 4.24. The molecule has 0 atom stereocenters. The number of sulfonamides is 2. The predicted octanol–water partition coefficient (Wildman–Crippen LogP) is -0.0356. The lowest BCUT2D eigenvalue weighted by molar-refractivity contribution is -2.00. The van der Waals surface area contributed by atoms with Crippen LogP contribution in [0.5, 0.6) is 0 Å². The summed E-state index contributed by atoms with van der Waals surface area (Å²) in [5, 5.41) is 11.9. The van der Waals surface area contributed by atoms with Crippen LogP contribution < -0.4 is 33.1 Å². The second-order valence-electron chi connectivity index (χ2n) is 9.67. The summed E-state index contributed by atoms with van der Waals surface area (Å²) < 4.78 is 86.9. The number of nitrogens with zero attached hydrogens (tertiary/aromatic N) is 3. The highest BCUT2D eigenvalue weighted by Gasteiger charge is 2.27. The minimum atomic E-state index is -4.94. The van der Waals surface area contributed by atoms with E-state index in [9.17, 15) is 16.8 Å². The van der Waals surface area contributed by atoms with Gasteiger partial charge in [-0.1, -0.05) is 73.7 Å². The Hall–Kier alpha value is -3.84. The first kappa shape index (κ1) is 34.0. The Labute approximate surface area is 265 Å². The number of pyridine rings is 1. The lowest BCUT2D eigenvalue weighted by Gasteiger charge is -2.17. The molecule has 0 aliphatic rings. The Morgan fingerprint density at radius 3 is 1.80 bits per heavy atom. The summed E-state index contributed by atoms with van der Waals surface area (Å²) in [7, 11) is -13.1. The number of hydrogen-bond donors (Lipinski definition) is 2. The van der Waals surface area contributed by atoms with E-state index in [0.29, 0.717) is 11.3 Å². The molecule has 5 aromatic rings. The first-order valence-corrected chi connectivity index (χ1v) is 17.9. The van der Waals surface area contributed by atoms with E-state index in [0.717, 1.165) is 33.8 Å². The van der Waals surface area contributed by atoms with Gasteiger partial charge in [0.1, 0.15) is 0 Å². The molecule has 0 fully saturated rings. The van der Waals surface area contributed by atoms with Crippen molar-refractivity contribution in [3.63, 3.8) is 0 Å². The monoisotopic (exact) mass is 691 g/mol. The van der Waals surface area contributed by atoms with E-state index in [1.807, 2.05) is 48.5 Å². The Kier molecular flexibility index (Phi) is 10.3. The molecule has 0 spiro atoms. The highest BCUT2D eigenvalue weighted by Crippen LogP contribution is 2.29. The number of rotatable bonds is 8. The zero-order chi connectivity index (χ0) is 33.0. The third-order valence-corrected chi connectivity index (χ3v) is 9.77. The van der Waals surface area contributed by atoms with Gasteiger partial charge in [-0.2, -0.15) is 4.57 Å². The van der Waals surface area contributed by atoms with Gasteiger partial charge in [-0.3, -0.25) is 4.72 Å². The predicted molar refractivity (Wildman–Crippen MR) is 155 cm³/mol. The summed E-state index contributed by atoms with van der Waals surface area (Å²) in [6, 6.07) is 31.0. The molecule has 3 N–H and O–H groups in total. The smallest absolute Gasteiger partial charge is 0.253 e. The third-order valence-electron chi connectivity index (χ3n) is 6.14. The number of hydrogen-bond acceptors (Lipinski definition) is 11. The van der Waals surface area contributed by atoms with Gasteiger partial charge in [-0.15, -0.1) is 20.4 Å². The van der Waals surface area contributed by atoms with Crippen molar-refractivity contribution in [1.29, 1.82) is 0 Å². The van der Waals surface area contributed by atoms with Gasteiger partial charge in [0, 0.05) is 35.7 Å². The number of halogens is 1. The highest BCUT2D eigenvalue weighted by molar-refractivity contribution is 7.93. The molecule has 0 amide bonds.